The molecule has 0 unspecified atom stereocenters. The molecule has 1 aliphatic heterocycles. The van der Waals surface area contributed by atoms with Crippen LogP contribution in [-0.4, -0.2) is 30.3 Å². The summed E-state index contributed by atoms with van der Waals surface area (Å²) in [7, 11) is -3.94. The molecule has 2 heterocycles. The van der Waals surface area contributed by atoms with Gasteiger partial charge >= 0.3 is 0 Å². The first kappa shape index (κ1) is 17.6. The lowest BCUT2D eigenvalue weighted by Gasteiger charge is -2.30. The molecule has 1 amide bonds. The number of hydrazine groups is 1. The Morgan fingerprint density at radius 2 is 1.71 bits per heavy atom. The van der Waals surface area contributed by atoms with Gasteiger partial charge in [0.25, 0.3) is 15.9 Å². The first-order valence-electron chi connectivity index (χ1n) is 8.18. The fourth-order valence-electron chi connectivity index (χ4n) is 2.69. The van der Waals surface area contributed by atoms with Crippen molar-refractivity contribution < 1.29 is 13.2 Å². The predicted molar refractivity (Wildman–Crippen MR) is 102 cm³/mol. The van der Waals surface area contributed by atoms with Crippen molar-refractivity contribution in [3.8, 4) is 0 Å². The van der Waals surface area contributed by atoms with Gasteiger partial charge in [-0.15, -0.1) is 4.40 Å². The maximum atomic E-state index is 12.6. The Labute approximate surface area is 160 Å². The number of para-hydroxylation sites is 2. The number of benzene rings is 2. The van der Waals surface area contributed by atoms with Crippen molar-refractivity contribution in [1.29, 1.82) is 0 Å². The number of aromatic nitrogens is 2. The van der Waals surface area contributed by atoms with Crippen LogP contribution in [0.2, 0.25) is 0 Å². The molecule has 3 aromatic rings. The molecule has 10 heteroatoms. The third kappa shape index (κ3) is 3.28. The van der Waals surface area contributed by atoms with Gasteiger partial charge in [0.15, 0.2) is 0 Å². The number of fused-ring (bicyclic) bond motifs is 1. The van der Waals surface area contributed by atoms with Crippen molar-refractivity contribution in [3.05, 3.63) is 78.9 Å². The van der Waals surface area contributed by atoms with Crippen LogP contribution < -0.4 is 15.8 Å². The van der Waals surface area contributed by atoms with Crippen LogP contribution in [0.3, 0.4) is 0 Å². The summed E-state index contributed by atoms with van der Waals surface area (Å²) in [4.78, 5) is 21.6. The number of carbonyl (C=O) groups is 1. The number of nitrogens with one attached hydrogen (secondary N) is 2. The molecule has 140 valence electrons. The molecule has 0 radical (unpaired) electrons. The normalized spacial score (nSPS) is 14.6. The molecule has 28 heavy (non-hydrogen) atoms. The number of carbonyl (C=O) groups excluding carboxylic acids is 1. The topological polar surface area (TPSA) is 117 Å². The van der Waals surface area contributed by atoms with Gasteiger partial charge < -0.3 is 0 Å². The zero-order chi connectivity index (χ0) is 19.6. The van der Waals surface area contributed by atoms with Crippen molar-refractivity contribution in [2.75, 3.05) is 4.90 Å². The summed E-state index contributed by atoms with van der Waals surface area (Å²) in [5, 5.41) is 0. The molecule has 0 bridgehead atoms. The molecule has 0 spiro atoms. The molecular weight excluding hydrogens is 380 g/mol. The number of rotatable bonds is 2. The van der Waals surface area contributed by atoms with Crippen LogP contribution in [0.15, 0.2) is 82.5 Å². The van der Waals surface area contributed by atoms with E-state index in [1.54, 1.807) is 35.2 Å². The van der Waals surface area contributed by atoms with E-state index in [9.17, 15) is 13.2 Å². The second-order valence-corrected chi connectivity index (χ2v) is 7.27. The smallest absolute Gasteiger partial charge is 0.278 e. The number of amides is 1. The Morgan fingerprint density at radius 3 is 2.46 bits per heavy atom. The average molecular weight is 394 g/mol. The molecule has 0 saturated heterocycles. The van der Waals surface area contributed by atoms with Gasteiger partial charge in [-0.1, -0.05) is 30.3 Å². The highest BCUT2D eigenvalue weighted by Crippen LogP contribution is 2.35. The summed E-state index contributed by atoms with van der Waals surface area (Å²) in [6.45, 7) is 0. The van der Waals surface area contributed by atoms with E-state index in [4.69, 9.17) is 0 Å². The zero-order valence-corrected chi connectivity index (χ0v) is 15.2. The monoisotopic (exact) mass is 394 g/mol. The van der Waals surface area contributed by atoms with Crippen molar-refractivity contribution >= 4 is 33.3 Å². The molecule has 9 nitrogen and oxygen atoms in total. The van der Waals surface area contributed by atoms with Gasteiger partial charge in [-0.05, 0) is 24.3 Å². The van der Waals surface area contributed by atoms with Gasteiger partial charge in [0.1, 0.15) is 10.6 Å². The van der Waals surface area contributed by atoms with Crippen LogP contribution in [0.1, 0.15) is 10.5 Å². The van der Waals surface area contributed by atoms with E-state index in [1.165, 1.54) is 24.7 Å². The number of nitrogens with zero attached hydrogens (tertiary/aromatic N) is 4. The fraction of sp³-hybridized carbons (Fsp3) is 0. The Morgan fingerprint density at radius 1 is 0.964 bits per heavy atom. The molecule has 0 atom stereocenters. The predicted octanol–water partition coefficient (Wildman–Crippen LogP) is 1.61. The van der Waals surface area contributed by atoms with E-state index in [0.29, 0.717) is 11.4 Å². The van der Waals surface area contributed by atoms with Crippen LogP contribution in [0.25, 0.3) is 0 Å². The molecule has 4 rings (SSSR count). The number of guanidine groups is 1. The third-order valence-electron chi connectivity index (χ3n) is 3.90. The maximum absolute atomic E-state index is 12.6. The van der Waals surface area contributed by atoms with E-state index in [-0.39, 0.29) is 16.5 Å². The maximum Gasteiger partial charge on any atom is 0.289 e. The molecule has 1 aliphatic rings. The molecule has 0 saturated carbocycles. The molecular formula is C18H14N6O3S. The standard InChI is InChI=1S/C18H14N6O3S/c25-17(14-12-19-10-11-20-14)21-22-18-23-28(26,27)16-9-5-4-8-15(16)24(18)13-6-2-1-3-7-13/h1-12H,(H,21,25)(H,22,23). The molecule has 2 aromatic carbocycles. The number of hydrogen-bond acceptors (Lipinski definition) is 7. The van der Waals surface area contributed by atoms with Crippen LogP contribution in [-0.2, 0) is 10.0 Å². The highest BCUT2D eigenvalue weighted by atomic mass is 32.2. The number of sulfonamides is 1. The average Bonchev–Trinajstić information content (AvgIpc) is 2.73. The summed E-state index contributed by atoms with van der Waals surface area (Å²) >= 11 is 0. The third-order valence-corrected chi connectivity index (χ3v) is 5.21. The zero-order valence-electron chi connectivity index (χ0n) is 14.4. The van der Waals surface area contributed by atoms with Crippen LogP contribution in [0.5, 0.6) is 0 Å². The largest absolute Gasteiger partial charge is 0.289 e. The summed E-state index contributed by atoms with van der Waals surface area (Å²) in [5.41, 5.74) is 6.16. The lowest BCUT2D eigenvalue weighted by Crippen LogP contribution is -2.50. The summed E-state index contributed by atoms with van der Waals surface area (Å²) in [6.07, 6.45) is 4.11. The summed E-state index contributed by atoms with van der Waals surface area (Å²) < 4.78 is 29.0. The quantitative estimate of drug-likeness (QED) is 0.634. The SMILES string of the molecule is O=C(NNC1=NS(=O)(=O)c2ccccc2N1c1ccccc1)c1cnccn1. The highest BCUT2D eigenvalue weighted by molar-refractivity contribution is 7.90. The summed E-state index contributed by atoms with van der Waals surface area (Å²) in [6, 6.07) is 15.6. The first-order valence-corrected chi connectivity index (χ1v) is 9.62. The highest BCUT2D eigenvalue weighted by Gasteiger charge is 2.32. The number of anilines is 2. The van der Waals surface area contributed by atoms with Crippen LogP contribution in [0, 0.1) is 0 Å². The van der Waals surface area contributed by atoms with Crippen molar-refractivity contribution in [2.45, 2.75) is 4.90 Å². The van der Waals surface area contributed by atoms with Gasteiger partial charge in [0.2, 0.25) is 5.96 Å². The van der Waals surface area contributed by atoms with E-state index < -0.39 is 15.9 Å². The minimum Gasteiger partial charge on any atom is -0.278 e. The minimum atomic E-state index is -3.94. The molecule has 2 N–H and O–H groups in total. The molecule has 0 aliphatic carbocycles. The Kier molecular flexibility index (Phi) is 4.45. The van der Waals surface area contributed by atoms with E-state index >= 15 is 0 Å². The van der Waals surface area contributed by atoms with Gasteiger partial charge in [-0.2, -0.15) is 8.42 Å². The van der Waals surface area contributed by atoms with Crippen LogP contribution >= 0.6 is 0 Å². The van der Waals surface area contributed by atoms with E-state index in [1.807, 2.05) is 18.2 Å². The van der Waals surface area contributed by atoms with E-state index in [0.717, 1.165) is 0 Å². The molecule has 1 aromatic heterocycles. The van der Waals surface area contributed by atoms with Crippen molar-refractivity contribution in [3.63, 3.8) is 0 Å². The lowest BCUT2D eigenvalue weighted by molar-refractivity contribution is 0.0938. The van der Waals surface area contributed by atoms with Crippen LogP contribution in [0.4, 0.5) is 11.4 Å². The Bertz CT molecular complexity index is 1150. The van der Waals surface area contributed by atoms with Gasteiger partial charge in [-0.3, -0.25) is 25.5 Å². The van der Waals surface area contributed by atoms with Gasteiger partial charge in [0, 0.05) is 18.1 Å². The second kappa shape index (κ2) is 7.08. The Hall–Kier alpha value is -3.79. The first-order chi connectivity index (χ1) is 13.6. The Balaban J connectivity index is 1.72. The lowest BCUT2D eigenvalue weighted by atomic mass is 10.2. The molecule has 0 fully saturated rings. The van der Waals surface area contributed by atoms with E-state index in [2.05, 4.69) is 25.2 Å². The summed E-state index contributed by atoms with van der Waals surface area (Å²) in [5.74, 6) is -0.651. The fourth-order valence-corrected chi connectivity index (χ4v) is 3.82. The second-order valence-electron chi connectivity index (χ2n) is 5.70. The van der Waals surface area contributed by atoms with Gasteiger partial charge in [0.05, 0.1) is 11.9 Å². The minimum absolute atomic E-state index is 0.0675. The van der Waals surface area contributed by atoms with Gasteiger partial charge in [-0.25, -0.2) is 4.98 Å². The van der Waals surface area contributed by atoms with Crippen molar-refractivity contribution in [2.24, 2.45) is 4.40 Å². The van der Waals surface area contributed by atoms with Crippen molar-refractivity contribution in [1.82, 2.24) is 20.8 Å². The number of hydrogen-bond donors (Lipinski definition) is 2.